The van der Waals surface area contributed by atoms with Crippen LogP contribution in [0.2, 0.25) is 0 Å². The number of carbonyl (C=O) groups is 2. The number of nitrogens with one attached hydrogen (secondary N) is 1. The number of carboxylic acids is 1. The normalized spacial score (nSPS) is 11.9. The maximum absolute atomic E-state index is 12.8. The Morgan fingerprint density at radius 1 is 1.37 bits per heavy atom. The van der Waals surface area contributed by atoms with Crippen molar-refractivity contribution in [2.45, 2.75) is 19.9 Å². The van der Waals surface area contributed by atoms with E-state index in [9.17, 15) is 14.0 Å². The highest BCUT2D eigenvalue weighted by Gasteiger charge is 2.16. The first-order valence-electron chi connectivity index (χ1n) is 5.97. The van der Waals surface area contributed by atoms with Gasteiger partial charge in [-0.15, -0.1) is 0 Å². The SMILES string of the molecule is CCN(C(=O)CN[C@@H](C)C(=O)O)c1ccc(F)cc1. The highest BCUT2D eigenvalue weighted by atomic mass is 19.1. The molecule has 0 aliphatic carbocycles. The second kappa shape index (κ2) is 6.84. The average Bonchev–Trinajstić information content (AvgIpc) is 2.38. The van der Waals surface area contributed by atoms with E-state index in [-0.39, 0.29) is 18.3 Å². The van der Waals surface area contributed by atoms with E-state index in [4.69, 9.17) is 5.11 Å². The summed E-state index contributed by atoms with van der Waals surface area (Å²) in [5.74, 6) is -1.65. The molecule has 0 aliphatic heterocycles. The molecule has 5 nitrogen and oxygen atoms in total. The number of carbonyl (C=O) groups excluding carboxylic acids is 1. The van der Waals surface area contributed by atoms with Gasteiger partial charge >= 0.3 is 5.97 Å². The summed E-state index contributed by atoms with van der Waals surface area (Å²) < 4.78 is 12.8. The van der Waals surface area contributed by atoms with Gasteiger partial charge in [-0.25, -0.2) is 4.39 Å². The topological polar surface area (TPSA) is 69.6 Å². The van der Waals surface area contributed by atoms with Crippen molar-refractivity contribution in [3.05, 3.63) is 30.1 Å². The molecule has 1 rings (SSSR count). The lowest BCUT2D eigenvalue weighted by atomic mass is 10.2. The van der Waals surface area contributed by atoms with Crippen LogP contribution in [-0.4, -0.2) is 36.1 Å². The van der Waals surface area contributed by atoms with Crippen molar-refractivity contribution in [3.8, 4) is 0 Å². The maximum Gasteiger partial charge on any atom is 0.320 e. The standard InChI is InChI=1S/C13H17FN2O3/c1-3-16(11-6-4-10(14)5-7-11)12(17)8-15-9(2)13(18)19/h4-7,9,15H,3,8H2,1-2H3,(H,18,19)/t9-/m0/s1. The number of aliphatic carboxylic acids is 1. The first-order valence-corrected chi connectivity index (χ1v) is 5.97. The Morgan fingerprint density at radius 3 is 2.42 bits per heavy atom. The molecule has 0 unspecified atom stereocenters. The Bertz CT molecular complexity index is 448. The maximum atomic E-state index is 12.8. The van der Waals surface area contributed by atoms with Gasteiger partial charge in [-0.1, -0.05) is 0 Å². The number of nitrogens with zero attached hydrogens (tertiary/aromatic N) is 1. The number of hydrogen-bond donors (Lipinski definition) is 2. The van der Waals surface area contributed by atoms with Gasteiger partial charge in [-0.2, -0.15) is 0 Å². The number of rotatable bonds is 6. The minimum absolute atomic E-state index is 0.0846. The molecule has 19 heavy (non-hydrogen) atoms. The molecule has 0 spiro atoms. The van der Waals surface area contributed by atoms with E-state index >= 15 is 0 Å². The Hall–Kier alpha value is -1.95. The van der Waals surface area contributed by atoms with E-state index in [0.29, 0.717) is 12.2 Å². The molecule has 0 aromatic heterocycles. The van der Waals surface area contributed by atoms with Crippen LogP contribution in [0.25, 0.3) is 0 Å². The molecule has 0 aliphatic rings. The van der Waals surface area contributed by atoms with Crippen molar-refractivity contribution >= 4 is 17.6 Å². The first kappa shape index (κ1) is 15.1. The largest absolute Gasteiger partial charge is 0.480 e. The van der Waals surface area contributed by atoms with E-state index in [1.54, 1.807) is 6.92 Å². The number of anilines is 1. The molecular weight excluding hydrogens is 251 g/mol. The van der Waals surface area contributed by atoms with Crippen LogP contribution in [0.1, 0.15) is 13.8 Å². The molecule has 0 heterocycles. The monoisotopic (exact) mass is 268 g/mol. The van der Waals surface area contributed by atoms with E-state index in [1.165, 1.54) is 36.1 Å². The van der Waals surface area contributed by atoms with Crippen LogP contribution in [0.4, 0.5) is 10.1 Å². The second-order valence-corrected chi connectivity index (χ2v) is 4.06. The first-order chi connectivity index (χ1) is 8.95. The number of benzene rings is 1. The molecule has 1 atom stereocenters. The second-order valence-electron chi connectivity index (χ2n) is 4.06. The minimum Gasteiger partial charge on any atom is -0.480 e. The lowest BCUT2D eigenvalue weighted by Gasteiger charge is -2.22. The fraction of sp³-hybridized carbons (Fsp3) is 0.385. The number of likely N-dealkylation sites (N-methyl/N-ethyl adjacent to an activating group) is 1. The van der Waals surface area contributed by atoms with Crippen molar-refractivity contribution in [1.29, 1.82) is 0 Å². The smallest absolute Gasteiger partial charge is 0.320 e. The Labute approximate surface area is 111 Å². The fourth-order valence-electron chi connectivity index (χ4n) is 1.55. The molecule has 1 amide bonds. The number of halogens is 1. The number of hydrogen-bond acceptors (Lipinski definition) is 3. The summed E-state index contributed by atoms with van der Waals surface area (Å²) in [7, 11) is 0. The van der Waals surface area contributed by atoms with Gasteiger partial charge in [0.1, 0.15) is 11.9 Å². The number of amides is 1. The van der Waals surface area contributed by atoms with Gasteiger partial charge in [0, 0.05) is 12.2 Å². The zero-order chi connectivity index (χ0) is 14.4. The van der Waals surface area contributed by atoms with Gasteiger partial charge < -0.3 is 10.0 Å². The van der Waals surface area contributed by atoms with Gasteiger partial charge in [0.15, 0.2) is 0 Å². The molecular formula is C13H17FN2O3. The highest BCUT2D eigenvalue weighted by Crippen LogP contribution is 2.14. The summed E-state index contributed by atoms with van der Waals surface area (Å²) in [5.41, 5.74) is 0.582. The Morgan fingerprint density at radius 2 is 1.95 bits per heavy atom. The van der Waals surface area contributed by atoms with Crippen LogP contribution >= 0.6 is 0 Å². The summed E-state index contributed by atoms with van der Waals surface area (Å²) in [6.07, 6.45) is 0. The molecule has 1 aromatic rings. The molecule has 1 aromatic carbocycles. The predicted octanol–water partition coefficient (Wildman–Crippen LogP) is 1.24. The minimum atomic E-state index is -1.02. The molecule has 0 saturated heterocycles. The predicted molar refractivity (Wildman–Crippen MR) is 69.5 cm³/mol. The summed E-state index contributed by atoms with van der Waals surface area (Å²) in [5, 5.41) is 11.3. The molecule has 104 valence electrons. The molecule has 0 fully saturated rings. The lowest BCUT2D eigenvalue weighted by molar-refractivity contribution is -0.139. The van der Waals surface area contributed by atoms with Crippen LogP contribution in [0.5, 0.6) is 0 Å². The summed E-state index contributed by atoms with van der Waals surface area (Å²) in [6, 6.07) is 4.78. The van der Waals surface area contributed by atoms with Crippen LogP contribution in [0, 0.1) is 5.82 Å². The molecule has 0 bridgehead atoms. The third-order valence-corrected chi connectivity index (χ3v) is 2.69. The van der Waals surface area contributed by atoms with E-state index < -0.39 is 12.0 Å². The molecule has 6 heteroatoms. The van der Waals surface area contributed by atoms with Crippen molar-refractivity contribution in [1.82, 2.24) is 5.32 Å². The molecule has 2 N–H and O–H groups in total. The van der Waals surface area contributed by atoms with Crippen molar-refractivity contribution in [2.24, 2.45) is 0 Å². The lowest BCUT2D eigenvalue weighted by Crippen LogP contribution is -2.43. The Balaban J connectivity index is 2.67. The quantitative estimate of drug-likeness (QED) is 0.814. The van der Waals surface area contributed by atoms with E-state index in [1.807, 2.05) is 0 Å². The van der Waals surface area contributed by atoms with Gasteiger partial charge in [0.25, 0.3) is 0 Å². The third-order valence-electron chi connectivity index (χ3n) is 2.69. The third kappa shape index (κ3) is 4.33. The fourth-order valence-corrected chi connectivity index (χ4v) is 1.55. The van der Waals surface area contributed by atoms with E-state index in [2.05, 4.69) is 5.32 Å². The average molecular weight is 268 g/mol. The van der Waals surface area contributed by atoms with Crippen LogP contribution in [-0.2, 0) is 9.59 Å². The van der Waals surface area contributed by atoms with Gasteiger partial charge in [-0.3, -0.25) is 14.9 Å². The summed E-state index contributed by atoms with van der Waals surface area (Å²) >= 11 is 0. The van der Waals surface area contributed by atoms with Crippen LogP contribution in [0.3, 0.4) is 0 Å². The zero-order valence-corrected chi connectivity index (χ0v) is 10.9. The zero-order valence-electron chi connectivity index (χ0n) is 10.9. The molecule has 0 radical (unpaired) electrons. The van der Waals surface area contributed by atoms with Crippen molar-refractivity contribution < 1.29 is 19.1 Å². The van der Waals surface area contributed by atoms with Gasteiger partial charge in [0.05, 0.1) is 6.54 Å². The van der Waals surface area contributed by atoms with Gasteiger partial charge in [0.2, 0.25) is 5.91 Å². The van der Waals surface area contributed by atoms with Crippen molar-refractivity contribution in [2.75, 3.05) is 18.0 Å². The summed E-state index contributed by atoms with van der Waals surface area (Å²) in [4.78, 5) is 24.1. The Kier molecular flexibility index (Phi) is 5.44. The van der Waals surface area contributed by atoms with E-state index in [0.717, 1.165) is 0 Å². The molecule has 0 saturated carbocycles. The summed E-state index contributed by atoms with van der Waals surface area (Å²) in [6.45, 7) is 3.60. The highest BCUT2D eigenvalue weighted by molar-refractivity contribution is 5.95. The van der Waals surface area contributed by atoms with Crippen LogP contribution < -0.4 is 10.2 Å². The van der Waals surface area contributed by atoms with Crippen molar-refractivity contribution in [3.63, 3.8) is 0 Å². The number of carboxylic acid groups (broad SMARTS) is 1. The van der Waals surface area contributed by atoms with Gasteiger partial charge in [-0.05, 0) is 38.1 Å². The van der Waals surface area contributed by atoms with Crippen LogP contribution in [0.15, 0.2) is 24.3 Å².